The first kappa shape index (κ1) is 67.1. The Bertz CT molecular complexity index is 1290. The first-order chi connectivity index (χ1) is 34.6. The fourth-order valence-electron chi connectivity index (χ4n) is 8.67. The molecule has 1 atom stereocenters. The van der Waals surface area contributed by atoms with E-state index < -0.39 is 6.10 Å². The van der Waals surface area contributed by atoms with Crippen LogP contribution < -0.4 is 0 Å². The highest BCUT2D eigenvalue weighted by Gasteiger charge is 2.16. The van der Waals surface area contributed by atoms with Crippen molar-refractivity contribution in [2.24, 2.45) is 0 Å². The van der Waals surface area contributed by atoms with E-state index in [9.17, 15) is 14.7 Å². The lowest BCUT2D eigenvalue weighted by Crippen LogP contribution is -2.28. The lowest BCUT2D eigenvalue weighted by atomic mass is 10.0. The number of hydrogen-bond donors (Lipinski definition) is 1. The van der Waals surface area contributed by atoms with Gasteiger partial charge in [-0.2, -0.15) is 0 Å². The number of aliphatic hydroxyl groups excluding tert-OH is 1. The monoisotopic (exact) mass is 975 g/mol. The van der Waals surface area contributed by atoms with E-state index in [0.717, 1.165) is 77.0 Å². The van der Waals surface area contributed by atoms with Crippen LogP contribution in [0.3, 0.4) is 0 Å². The number of hydrogen-bond acceptors (Lipinski definition) is 5. The Morgan fingerprint density at radius 2 is 0.614 bits per heavy atom. The van der Waals surface area contributed by atoms with Crippen LogP contribution in [0.15, 0.2) is 85.1 Å². The number of esters is 2. The third-order valence-corrected chi connectivity index (χ3v) is 13.2. The summed E-state index contributed by atoms with van der Waals surface area (Å²) in [6.07, 6.45) is 84.2. The van der Waals surface area contributed by atoms with Crippen LogP contribution in [0.25, 0.3) is 0 Å². The Hall–Kier alpha value is -2.92. The van der Waals surface area contributed by atoms with E-state index in [4.69, 9.17) is 9.47 Å². The summed E-state index contributed by atoms with van der Waals surface area (Å²) in [6.45, 7) is 4.04. The van der Waals surface area contributed by atoms with Crippen molar-refractivity contribution in [3.05, 3.63) is 85.1 Å². The van der Waals surface area contributed by atoms with Gasteiger partial charge in [0.15, 0.2) is 6.10 Å². The Labute approximate surface area is 435 Å². The highest BCUT2D eigenvalue weighted by molar-refractivity contribution is 5.70. The fourth-order valence-corrected chi connectivity index (χ4v) is 8.67. The zero-order chi connectivity index (χ0) is 50.6. The van der Waals surface area contributed by atoms with Crippen molar-refractivity contribution in [1.82, 2.24) is 0 Å². The van der Waals surface area contributed by atoms with Crippen LogP contribution in [0, 0.1) is 0 Å². The topological polar surface area (TPSA) is 72.8 Å². The number of allylic oxidation sites excluding steroid dienone is 14. The first-order valence-electron chi connectivity index (χ1n) is 30.1. The molecule has 1 unspecified atom stereocenters. The van der Waals surface area contributed by atoms with Gasteiger partial charge in [0.2, 0.25) is 0 Å². The van der Waals surface area contributed by atoms with E-state index in [-0.39, 0.29) is 25.2 Å². The van der Waals surface area contributed by atoms with Crippen LogP contribution in [0.4, 0.5) is 0 Å². The van der Waals surface area contributed by atoms with Gasteiger partial charge in [-0.25, -0.2) is 0 Å². The lowest BCUT2D eigenvalue weighted by Gasteiger charge is -2.15. The predicted molar refractivity (Wildman–Crippen MR) is 306 cm³/mol. The van der Waals surface area contributed by atoms with Gasteiger partial charge in [0, 0.05) is 12.8 Å². The number of unbranched alkanes of at least 4 members (excludes halogenated alkanes) is 33. The Kier molecular flexibility index (Phi) is 57.9. The normalized spacial score (nSPS) is 12.8. The van der Waals surface area contributed by atoms with Gasteiger partial charge in [-0.3, -0.25) is 9.59 Å². The van der Waals surface area contributed by atoms with Crippen molar-refractivity contribution in [3.8, 4) is 0 Å². The van der Waals surface area contributed by atoms with Crippen LogP contribution in [-0.4, -0.2) is 36.4 Å². The maximum atomic E-state index is 12.3. The second-order valence-corrected chi connectivity index (χ2v) is 20.0. The molecule has 0 rings (SSSR count). The number of aliphatic hydroxyl groups is 1. The van der Waals surface area contributed by atoms with E-state index in [1.807, 2.05) is 0 Å². The van der Waals surface area contributed by atoms with Crippen LogP contribution in [0.5, 0.6) is 0 Å². The van der Waals surface area contributed by atoms with Gasteiger partial charge in [-0.05, 0) is 89.9 Å². The van der Waals surface area contributed by atoms with Crippen molar-refractivity contribution in [1.29, 1.82) is 0 Å². The summed E-state index contributed by atoms with van der Waals surface area (Å²) in [5.41, 5.74) is 0. The molecule has 0 aromatic carbocycles. The van der Waals surface area contributed by atoms with Gasteiger partial charge in [0.1, 0.15) is 6.61 Å². The molecular formula is C65H114O5. The zero-order valence-electron chi connectivity index (χ0n) is 46.3. The molecule has 404 valence electrons. The van der Waals surface area contributed by atoms with Crippen LogP contribution in [0.1, 0.15) is 296 Å². The van der Waals surface area contributed by atoms with E-state index in [1.54, 1.807) is 0 Å². The van der Waals surface area contributed by atoms with Gasteiger partial charge < -0.3 is 14.6 Å². The Morgan fingerprint density at radius 1 is 0.343 bits per heavy atom. The minimum Gasteiger partial charge on any atom is -0.462 e. The third kappa shape index (κ3) is 57.7. The summed E-state index contributed by atoms with van der Waals surface area (Å²) in [6, 6.07) is 0. The number of rotatable bonds is 55. The van der Waals surface area contributed by atoms with E-state index in [0.29, 0.717) is 12.8 Å². The smallest absolute Gasteiger partial charge is 0.306 e. The molecule has 5 nitrogen and oxygen atoms in total. The molecule has 0 saturated carbocycles. The molecular weight excluding hydrogens is 861 g/mol. The Balaban J connectivity index is 3.47. The van der Waals surface area contributed by atoms with Crippen molar-refractivity contribution in [3.63, 3.8) is 0 Å². The van der Waals surface area contributed by atoms with E-state index in [1.165, 1.54) is 193 Å². The largest absolute Gasteiger partial charge is 0.462 e. The van der Waals surface area contributed by atoms with Crippen molar-refractivity contribution in [2.75, 3.05) is 13.2 Å². The second kappa shape index (κ2) is 60.4. The van der Waals surface area contributed by atoms with Gasteiger partial charge in [-0.15, -0.1) is 0 Å². The summed E-state index contributed by atoms with van der Waals surface area (Å²) in [5.74, 6) is -0.584. The van der Waals surface area contributed by atoms with Crippen LogP contribution >= 0.6 is 0 Å². The highest BCUT2D eigenvalue weighted by Crippen LogP contribution is 2.17. The summed E-state index contributed by atoms with van der Waals surface area (Å²) >= 11 is 0. The molecule has 1 N–H and O–H groups in total. The summed E-state index contributed by atoms with van der Waals surface area (Å²) in [4.78, 5) is 24.6. The van der Waals surface area contributed by atoms with Gasteiger partial charge in [0.25, 0.3) is 0 Å². The predicted octanol–water partition coefficient (Wildman–Crippen LogP) is 20.5. The second-order valence-electron chi connectivity index (χ2n) is 20.0. The van der Waals surface area contributed by atoms with Crippen molar-refractivity contribution >= 4 is 11.9 Å². The average molecular weight is 976 g/mol. The zero-order valence-corrected chi connectivity index (χ0v) is 46.3. The molecule has 0 fully saturated rings. The van der Waals surface area contributed by atoms with Crippen molar-refractivity contribution in [2.45, 2.75) is 302 Å². The molecule has 0 amide bonds. The molecule has 0 spiro atoms. The van der Waals surface area contributed by atoms with Crippen LogP contribution in [0.2, 0.25) is 0 Å². The molecule has 0 aliphatic rings. The number of carbonyl (C=O) groups is 2. The van der Waals surface area contributed by atoms with Crippen molar-refractivity contribution < 1.29 is 24.2 Å². The molecule has 5 heteroatoms. The standard InChI is InChI=1S/C65H114O5/c1-3-5-7-9-11-13-15-17-19-21-23-25-27-29-31-32-34-36-38-40-42-44-46-48-50-52-54-56-58-60-65(68)70-63(61-66)62-69-64(67)59-57-55-53-51-49-47-45-43-41-39-37-35-33-30-28-26-24-22-20-18-16-14-12-10-8-6-4-2/h5,7,11,13,16-19,22-25,29,31,63,66H,3-4,6,8-10,12,14-15,20-21,26-28,30,32-62H2,1-2H3/b7-5-,13-11-,18-16-,19-17-,24-22-,25-23-,31-29-. The third-order valence-electron chi connectivity index (χ3n) is 13.2. The first-order valence-corrected chi connectivity index (χ1v) is 30.1. The molecule has 0 saturated heterocycles. The molecule has 0 aliphatic heterocycles. The Morgan fingerprint density at radius 3 is 0.929 bits per heavy atom. The van der Waals surface area contributed by atoms with Gasteiger partial charge >= 0.3 is 11.9 Å². The molecule has 0 aromatic heterocycles. The van der Waals surface area contributed by atoms with E-state index in [2.05, 4.69) is 98.9 Å². The lowest BCUT2D eigenvalue weighted by molar-refractivity contribution is -0.161. The highest BCUT2D eigenvalue weighted by atomic mass is 16.6. The van der Waals surface area contributed by atoms with E-state index >= 15 is 0 Å². The van der Waals surface area contributed by atoms with Gasteiger partial charge in [-0.1, -0.05) is 279 Å². The average Bonchev–Trinajstić information content (AvgIpc) is 3.36. The maximum Gasteiger partial charge on any atom is 0.306 e. The van der Waals surface area contributed by atoms with Crippen LogP contribution in [-0.2, 0) is 19.1 Å². The number of ether oxygens (including phenoxy) is 2. The fraction of sp³-hybridized carbons (Fsp3) is 0.754. The summed E-state index contributed by atoms with van der Waals surface area (Å²) in [7, 11) is 0. The molecule has 70 heavy (non-hydrogen) atoms. The van der Waals surface area contributed by atoms with Gasteiger partial charge in [0.05, 0.1) is 6.61 Å². The molecule has 0 heterocycles. The molecule has 0 bridgehead atoms. The maximum absolute atomic E-state index is 12.3. The minimum atomic E-state index is -0.777. The number of carbonyl (C=O) groups excluding carboxylic acids is 2. The molecule has 0 aliphatic carbocycles. The summed E-state index contributed by atoms with van der Waals surface area (Å²) in [5, 5.41) is 9.67. The summed E-state index contributed by atoms with van der Waals surface area (Å²) < 4.78 is 10.7. The molecule has 0 radical (unpaired) electrons. The molecule has 0 aromatic rings. The minimum absolute atomic E-state index is 0.0669. The quantitative estimate of drug-likeness (QED) is 0.0373. The SMILES string of the molecule is CC/C=C\C/C=C\C/C=C\C/C=C\C/C=C\CCCCCCCCCCCCCCCC(=O)OC(CO)COC(=O)CCCCCCCCCCCCCCCCC/C=C\C/C=C\CCCCCCC.